The van der Waals surface area contributed by atoms with Crippen molar-refractivity contribution in [2.45, 2.75) is 30.9 Å². The smallest absolute Gasteiger partial charge is 0.328 e. The van der Waals surface area contributed by atoms with E-state index in [1.165, 1.54) is 21.3 Å². The van der Waals surface area contributed by atoms with Crippen molar-refractivity contribution in [3.05, 3.63) is 52.4 Å². The largest absolute Gasteiger partial charge is 0.483 e. The van der Waals surface area contributed by atoms with Gasteiger partial charge in [-0.1, -0.05) is 18.2 Å². The van der Waals surface area contributed by atoms with Gasteiger partial charge in [-0.15, -0.1) is 0 Å². The van der Waals surface area contributed by atoms with Crippen molar-refractivity contribution in [2.75, 3.05) is 11.9 Å². The molecule has 0 saturated heterocycles. The summed E-state index contributed by atoms with van der Waals surface area (Å²) in [5.41, 5.74) is 1.70. The van der Waals surface area contributed by atoms with Crippen LogP contribution < -0.4 is 15.7 Å². The highest BCUT2D eigenvalue weighted by Gasteiger charge is 2.26. The van der Waals surface area contributed by atoms with Gasteiger partial charge in [-0.25, -0.2) is 13.2 Å². The second kappa shape index (κ2) is 7.98. The fraction of sp³-hybridized carbons (Fsp3) is 0.333. The number of para-hydroxylation sites is 1. The minimum absolute atomic E-state index is 0.0320. The summed E-state index contributed by atoms with van der Waals surface area (Å²) >= 11 is 0. The number of nitrogens with one attached hydrogen (secondary N) is 1. The molecule has 0 aliphatic heterocycles. The maximum absolute atomic E-state index is 12.9. The van der Waals surface area contributed by atoms with Crippen LogP contribution in [-0.4, -0.2) is 35.3 Å². The third kappa shape index (κ3) is 3.85. The number of carbonyl (C=O) groups is 1. The molecule has 0 unspecified atom stereocenters. The van der Waals surface area contributed by atoms with Crippen LogP contribution in [-0.2, 0) is 28.7 Å². The number of amides is 1. The average molecular weight is 432 g/mol. The first-order chi connectivity index (χ1) is 14.0. The Morgan fingerprint density at radius 2 is 1.70 bits per heavy atom. The molecule has 0 radical (unpaired) electrons. The van der Waals surface area contributed by atoms with Crippen LogP contribution in [0.2, 0.25) is 0 Å². The first-order valence-corrected chi connectivity index (χ1v) is 11.0. The van der Waals surface area contributed by atoms with Crippen LogP contribution in [0.5, 0.6) is 5.75 Å². The molecule has 0 atom stereocenters. The van der Waals surface area contributed by atoms with E-state index in [0.29, 0.717) is 16.8 Å². The molecular formula is C21H25N3O5S. The molecular weight excluding hydrogens is 406 g/mol. The monoisotopic (exact) mass is 431 g/mol. The van der Waals surface area contributed by atoms with Crippen LogP contribution in [0.1, 0.15) is 19.4 Å². The number of benzene rings is 2. The zero-order chi connectivity index (χ0) is 22.2. The summed E-state index contributed by atoms with van der Waals surface area (Å²) in [4.78, 5) is 24.8. The topological polar surface area (TPSA) is 99.4 Å². The zero-order valence-corrected chi connectivity index (χ0v) is 18.4. The van der Waals surface area contributed by atoms with Gasteiger partial charge in [0.15, 0.2) is 16.4 Å². The lowest BCUT2D eigenvalue weighted by atomic mass is 10.2. The molecule has 1 heterocycles. The highest BCUT2D eigenvalue weighted by molar-refractivity contribution is 7.92. The molecule has 8 nitrogen and oxygen atoms in total. The molecule has 0 saturated carbocycles. The van der Waals surface area contributed by atoms with E-state index in [4.69, 9.17) is 4.74 Å². The van der Waals surface area contributed by atoms with Crippen molar-refractivity contribution in [3.63, 3.8) is 0 Å². The Morgan fingerprint density at radius 1 is 1.10 bits per heavy atom. The van der Waals surface area contributed by atoms with Gasteiger partial charge in [-0.05, 0) is 44.5 Å². The highest BCUT2D eigenvalue weighted by Crippen LogP contribution is 2.30. The summed E-state index contributed by atoms with van der Waals surface area (Å²) in [5.74, 6) is 0.0716. The van der Waals surface area contributed by atoms with Gasteiger partial charge in [0.1, 0.15) is 5.75 Å². The third-order valence-corrected chi connectivity index (χ3v) is 7.22. The van der Waals surface area contributed by atoms with E-state index in [2.05, 4.69) is 5.32 Å². The number of fused-ring (bicyclic) bond motifs is 1. The Kier molecular flexibility index (Phi) is 5.76. The number of sulfone groups is 1. The van der Waals surface area contributed by atoms with Crippen LogP contribution in [0, 0.1) is 6.92 Å². The van der Waals surface area contributed by atoms with Crippen LogP contribution >= 0.6 is 0 Å². The summed E-state index contributed by atoms with van der Waals surface area (Å²) < 4.78 is 34.2. The minimum atomic E-state index is -3.72. The first-order valence-electron chi connectivity index (χ1n) is 9.45. The fourth-order valence-electron chi connectivity index (χ4n) is 3.16. The number of hydrogen-bond donors (Lipinski definition) is 1. The van der Waals surface area contributed by atoms with Crippen molar-refractivity contribution in [1.82, 2.24) is 9.13 Å². The van der Waals surface area contributed by atoms with Crippen LogP contribution in [0.25, 0.3) is 11.0 Å². The molecule has 1 N–H and O–H groups in total. The summed E-state index contributed by atoms with van der Waals surface area (Å²) in [5, 5.41) is 1.94. The minimum Gasteiger partial charge on any atom is -0.483 e. The van der Waals surface area contributed by atoms with Crippen LogP contribution in [0.3, 0.4) is 0 Å². The van der Waals surface area contributed by atoms with Crippen molar-refractivity contribution in [1.29, 1.82) is 0 Å². The average Bonchev–Trinajstić information content (AvgIpc) is 2.90. The SMILES string of the molecule is Cc1ccccc1OCC(=O)Nc1cc2c(cc1S(=O)(=O)C(C)C)n(C)c(=O)n2C. The molecule has 1 aromatic heterocycles. The van der Waals surface area contributed by atoms with E-state index in [1.54, 1.807) is 40.1 Å². The highest BCUT2D eigenvalue weighted by atomic mass is 32.2. The predicted molar refractivity (Wildman–Crippen MR) is 116 cm³/mol. The zero-order valence-electron chi connectivity index (χ0n) is 17.6. The van der Waals surface area contributed by atoms with Crippen molar-refractivity contribution >= 4 is 32.5 Å². The lowest BCUT2D eigenvalue weighted by molar-refractivity contribution is -0.118. The number of aromatic nitrogens is 2. The van der Waals surface area contributed by atoms with Gasteiger partial charge in [-0.2, -0.15) is 0 Å². The van der Waals surface area contributed by atoms with E-state index in [1.807, 2.05) is 19.1 Å². The van der Waals surface area contributed by atoms with Gasteiger partial charge in [-0.3, -0.25) is 13.9 Å². The summed E-state index contributed by atoms with van der Waals surface area (Å²) in [7, 11) is -0.553. The molecule has 2 aromatic carbocycles. The normalized spacial score (nSPS) is 11.8. The molecule has 1 amide bonds. The molecule has 0 bridgehead atoms. The molecule has 30 heavy (non-hydrogen) atoms. The molecule has 3 aromatic rings. The number of imidazole rings is 1. The summed E-state index contributed by atoms with van der Waals surface area (Å²) in [6.07, 6.45) is 0. The second-order valence-corrected chi connectivity index (χ2v) is 9.91. The van der Waals surface area contributed by atoms with Gasteiger partial charge in [0.05, 0.1) is 26.9 Å². The number of anilines is 1. The molecule has 160 valence electrons. The van der Waals surface area contributed by atoms with E-state index in [9.17, 15) is 18.0 Å². The van der Waals surface area contributed by atoms with Crippen molar-refractivity contribution in [2.24, 2.45) is 14.1 Å². The van der Waals surface area contributed by atoms with Gasteiger partial charge < -0.3 is 10.1 Å². The van der Waals surface area contributed by atoms with E-state index < -0.39 is 21.0 Å². The fourth-order valence-corrected chi connectivity index (χ4v) is 4.36. The lowest BCUT2D eigenvalue weighted by Gasteiger charge is -2.15. The standard InChI is InChI=1S/C21H25N3O5S/c1-13(2)30(27,28)19-11-17-16(23(4)21(26)24(17)5)10-15(19)22-20(25)12-29-18-9-7-6-8-14(18)3/h6-11,13H,12H2,1-5H3,(H,22,25). The van der Waals surface area contributed by atoms with Gasteiger partial charge >= 0.3 is 5.69 Å². The van der Waals surface area contributed by atoms with Crippen molar-refractivity contribution < 1.29 is 17.9 Å². The van der Waals surface area contributed by atoms with Crippen molar-refractivity contribution in [3.8, 4) is 5.75 Å². The Balaban J connectivity index is 2.01. The maximum Gasteiger partial charge on any atom is 0.328 e. The lowest BCUT2D eigenvalue weighted by Crippen LogP contribution is -2.23. The molecule has 0 aliphatic rings. The number of ether oxygens (including phenoxy) is 1. The van der Waals surface area contributed by atoms with Gasteiger partial charge in [0.2, 0.25) is 0 Å². The number of rotatable bonds is 6. The van der Waals surface area contributed by atoms with Gasteiger partial charge in [0.25, 0.3) is 5.91 Å². The van der Waals surface area contributed by atoms with Crippen LogP contribution in [0.4, 0.5) is 5.69 Å². The van der Waals surface area contributed by atoms with E-state index >= 15 is 0 Å². The number of hydrogen-bond acceptors (Lipinski definition) is 5. The van der Waals surface area contributed by atoms with Gasteiger partial charge in [0, 0.05) is 14.1 Å². The Labute approximate surface area is 175 Å². The quantitative estimate of drug-likeness (QED) is 0.646. The molecule has 0 aliphatic carbocycles. The van der Waals surface area contributed by atoms with Crippen LogP contribution in [0.15, 0.2) is 46.1 Å². The second-order valence-electron chi connectivity index (χ2n) is 7.43. The molecule has 0 fully saturated rings. The maximum atomic E-state index is 12.9. The first kappa shape index (κ1) is 21.6. The number of nitrogens with zero attached hydrogens (tertiary/aromatic N) is 2. The Hall–Kier alpha value is -3.07. The van der Waals surface area contributed by atoms with E-state index in [-0.39, 0.29) is 22.9 Å². The Morgan fingerprint density at radius 3 is 2.30 bits per heavy atom. The summed E-state index contributed by atoms with van der Waals surface area (Å²) in [6, 6.07) is 10.2. The van der Waals surface area contributed by atoms with E-state index in [0.717, 1.165) is 5.56 Å². The third-order valence-electron chi connectivity index (χ3n) is 5.03. The molecule has 0 spiro atoms. The summed E-state index contributed by atoms with van der Waals surface area (Å²) in [6.45, 7) is 4.72. The molecule has 9 heteroatoms. The molecule has 3 rings (SSSR count). The number of aryl methyl sites for hydroxylation is 3. The predicted octanol–water partition coefficient (Wildman–Crippen LogP) is 2.39. The number of carbonyl (C=O) groups excluding carboxylic acids is 1. The Bertz CT molecular complexity index is 1290.